The lowest BCUT2D eigenvalue weighted by Gasteiger charge is -2.18. The summed E-state index contributed by atoms with van der Waals surface area (Å²) in [5.41, 5.74) is 0. The number of esters is 3. The summed E-state index contributed by atoms with van der Waals surface area (Å²) in [6, 6.07) is 0. The first-order valence-electron chi connectivity index (χ1n) is 23.7. The largest absolute Gasteiger partial charge is 0.462 e. The third kappa shape index (κ3) is 45.3. The van der Waals surface area contributed by atoms with Crippen LogP contribution in [0.15, 0.2) is 97.2 Å². The highest BCUT2D eigenvalue weighted by atomic mass is 16.6. The van der Waals surface area contributed by atoms with Crippen LogP contribution in [0.25, 0.3) is 0 Å². The van der Waals surface area contributed by atoms with Crippen LogP contribution in [0.2, 0.25) is 0 Å². The molecule has 0 saturated heterocycles. The standard InChI is InChI=1S/C53H86O6/c1-4-7-10-13-16-19-22-23-24-25-26-27-28-29-32-34-37-40-43-46-52(55)58-49-50(59-53(56)47-44-41-38-35-31-21-18-15-12-9-6-3)48-57-51(54)45-42-39-36-33-30-20-17-14-11-8-5-2/h7,9-10,12,16,18-19,21,23-24,26-27,29,32,35,38,50H,4-6,8,11,13-15,17,20,22,25,28,30-31,33-34,36-37,39-49H2,1-3H3/b10-7-,12-9-,19-16-,21-18-,24-23-,27-26-,32-29-,38-35-. The molecule has 0 heterocycles. The molecule has 1 atom stereocenters. The zero-order valence-electron chi connectivity index (χ0n) is 38.0. The highest BCUT2D eigenvalue weighted by Gasteiger charge is 2.19. The number of allylic oxidation sites excluding steroid dienone is 16. The number of rotatable bonds is 41. The van der Waals surface area contributed by atoms with E-state index in [4.69, 9.17) is 14.2 Å². The molecular formula is C53H86O6. The molecule has 6 heteroatoms. The van der Waals surface area contributed by atoms with Gasteiger partial charge in [-0.15, -0.1) is 0 Å². The van der Waals surface area contributed by atoms with Crippen molar-refractivity contribution >= 4 is 17.9 Å². The molecule has 0 aliphatic rings. The SMILES string of the molecule is CC/C=C\C/C=C\C/C=C\C/C=C\C/C=C\CCCCCC(=O)OCC(COC(=O)CCCCCCCCCCCCC)OC(=O)CCC/C=C\C/C=C\C/C=C\CC. The molecule has 0 radical (unpaired) electrons. The first-order valence-corrected chi connectivity index (χ1v) is 23.7. The fourth-order valence-electron chi connectivity index (χ4n) is 6.08. The Bertz CT molecular complexity index is 1220. The van der Waals surface area contributed by atoms with Gasteiger partial charge in [-0.2, -0.15) is 0 Å². The fraction of sp³-hybridized carbons (Fsp3) is 0.642. The number of carbonyl (C=O) groups excluding carboxylic acids is 3. The van der Waals surface area contributed by atoms with Gasteiger partial charge in [0.1, 0.15) is 13.2 Å². The van der Waals surface area contributed by atoms with E-state index in [9.17, 15) is 14.4 Å². The second-order valence-corrected chi connectivity index (χ2v) is 15.3. The van der Waals surface area contributed by atoms with Crippen LogP contribution in [0.3, 0.4) is 0 Å². The molecule has 0 amide bonds. The zero-order chi connectivity index (χ0) is 43.0. The fourth-order valence-corrected chi connectivity index (χ4v) is 6.08. The van der Waals surface area contributed by atoms with Crippen molar-refractivity contribution in [3.05, 3.63) is 97.2 Å². The van der Waals surface area contributed by atoms with E-state index in [-0.39, 0.29) is 37.5 Å². The molecule has 6 nitrogen and oxygen atoms in total. The molecular weight excluding hydrogens is 733 g/mol. The summed E-state index contributed by atoms with van der Waals surface area (Å²) >= 11 is 0. The average Bonchev–Trinajstić information content (AvgIpc) is 3.23. The van der Waals surface area contributed by atoms with Crippen LogP contribution in [0.4, 0.5) is 0 Å². The van der Waals surface area contributed by atoms with E-state index in [0.717, 1.165) is 103 Å². The number of carbonyl (C=O) groups is 3. The first-order chi connectivity index (χ1) is 29.0. The van der Waals surface area contributed by atoms with Crippen LogP contribution >= 0.6 is 0 Å². The number of hydrogen-bond acceptors (Lipinski definition) is 6. The summed E-state index contributed by atoms with van der Waals surface area (Å²) in [5, 5.41) is 0. The number of unbranched alkanes of at least 4 members (excludes halogenated alkanes) is 14. The van der Waals surface area contributed by atoms with Crippen molar-refractivity contribution in [2.75, 3.05) is 13.2 Å². The van der Waals surface area contributed by atoms with E-state index >= 15 is 0 Å². The molecule has 0 aromatic rings. The monoisotopic (exact) mass is 819 g/mol. The van der Waals surface area contributed by atoms with Gasteiger partial charge in [0, 0.05) is 19.3 Å². The topological polar surface area (TPSA) is 78.9 Å². The number of ether oxygens (including phenoxy) is 3. The second-order valence-electron chi connectivity index (χ2n) is 15.3. The highest BCUT2D eigenvalue weighted by molar-refractivity contribution is 5.71. The Balaban J connectivity index is 4.46. The molecule has 334 valence electrons. The summed E-state index contributed by atoms with van der Waals surface area (Å²) in [4.78, 5) is 37.8. The zero-order valence-corrected chi connectivity index (χ0v) is 38.0. The molecule has 0 aromatic heterocycles. The van der Waals surface area contributed by atoms with Crippen LogP contribution in [0.5, 0.6) is 0 Å². The Morgan fingerprint density at radius 3 is 1.08 bits per heavy atom. The maximum absolute atomic E-state index is 12.7. The van der Waals surface area contributed by atoms with Crippen molar-refractivity contribution in [1.29, 1.82) is 0 Å². The predicted octanol–water partition coefficient (Wildman–Crippen LogP) is 15.4. The molecule has 59 heavy (non-hydrogen) atoms. The van der Waals surface area contributed by atoms with Crippen molar-refractivity contribution in [3.8, 4) is 0 Å². The van der Waals surface area contributed by atoms with Gasteiger partial charge in [0.05, 0.1) is 0 Å². The lowest BCUT2D eigenvalue weighted by Crippen LogP contribution is -2.30. The normalized spacial score (nSPS) is 12.9. The van der Waals surface area contributed by atoms with Crippen molar-refractivity contribution < 1.29 is 28.6 Å². The summed E-state index contributed by atoms with van der Waals surface area (Å²) in [6.45, 7) is 6.30. The van der Waals surface area contributed by atoms with Gasteiger partial charge in [-0.1, -0.05) is 189 Å². The lowest BCUT2D eigenvalue weighted by molar-refractivity contribution is -0.167. The summed E-state index contributed by atoms with van der Waals surface area (Å²) in [6.07, 6.45) is 61.2. The van der Waals surface area contributed by atoms with Gasteiger partial charge in [-0.3, -0.25) is 14.4 Å². The van der Waals surface area contributed by atoms with Crippen LogP contribution in [-0.4, -0.2) is 37.2 Å². The summed E-state index contributed by atoms with van der Waals surface area (Å²) < 4.78 is 16.6. The average molecular weight is 819 g/mol. The Morgan fingerprint density at radius 2 is 0.678 bits per heavy atom. The van der Waals surface area contributed by atoms with E-state index in [1.807, 2.05) is 0 Å². The summed E-state index contributed by atoms with van der Waals surface area (Å²) in [7, 11) is 0. The summed E-state index contributed by atoms with van der Waals surface area (Å²) in [5.74, 6) is -1.01. The van der Waals surface area contributed by atoms with Crippen LogP contribution in [-0.2, 0) is 28.6 Å². The lowest BCUT2D eigenvalue weighted by atomic mass is 10.1. The van der Waals surface area contributed by atoms with Crippen LogP contribution in [0, 0.1) is 0 Å². The van der Waals surface area contributed by atoms with Gasteiger partial charge in [0.15, 0.2) is 6.10 Å². The van der Waals surface area contributed by atoms with Gasteiger partial charge in [-0.25, -0.2) is 0 Å². The van der Waals surface area contributed by atoms with Gasteiger partial charge in [0.25, 0.3) is 0 Å². The Kier molecular flexibility index (Phi) is 44.1. The van der Waals surface area contributed by atoms with Gasteiger partial charge in [-0.05, 0) is 89.9 Å². The molecule has 0 rings (SSSR count). The Labute approximate surface area is 362 Å². The second kappa shape index (κ2) is 47.0. The van der Waals surface area contributed by atoms with E-state index in [1.165, 1.54) is 51.4 Å². The molecule has 0 fully saturated rings. The molecule has 0 aliphatic heterocycles. The number of hydrogen-bond donors (Lipinski definition) is 0. The minimum Gasteiger partial charge on any atom is -0.462 e. The Hall–Kier alpha value is -3.67. The third-order valence-electron chi connectivity index (χ3n) is 9.58. The van der Waals surface area contributed by atoms with Crippen molar-refractivity contribution in [2.45, 2.75) is 207 Å². The molecule has 0 aromatic carbocycles. The quantitative estimate of drug-likeness (QED) is 0.0265. The van der Waals surface area contributed by atoms with E-state index in [1.54, 1.807) is 0 Å². The van der Waals surface area contributed by atoms with Crippen LogP contribution in [0.1, 0.15) is 201 Å². The third-order valence-corrected chi connectivity index (χ3v) is 9.58. The van der Waals surface area contributed by atoms with E-state index in [0.29, 0.717) is 19.3 Å². The molecule has 0 saturated carbocycles. The highest BCUT2D eigenvalue weighted by Crippen LogP contribution is 2.13. The Morgan fingerprint density at radius 1 is 0.356 bits per heavy atom. The predicted molar refractivity (Wildman–Crippen MR) is 251 cm³/mol. The van der Waals surface area contributed by atoms with E-state index in [2.05, 4.69) is 118 Å². The molecule has 0 N–H and O–H groups in total. The van der Waals surface area contributed by atoms with Gasteiger partial charge < -0.3 is 14.2 Å². The first kappa shape index (κ1) is 55.3. The van der Waals surface area contributed by atoms with E-state index < -0.39 is 6.10 Å². The maximum Gasteiger partial charge on any atom is 0.306 e. The van der Waals surface area contributed by atoms with Crippen molar-refractivity contribution in [3.63, 3.8) is 0 Å². The minimum atomic E-state index is -0.814. The molecule has 0 spiro atoms. The van der Waals surface area contributed by atoms with Gasteiger partial charge >= 0.3 is 17.9 Å². The molecule has 0 bridgehead atoms. The minimum absolute atomic E-state index is 0.108. The maximum atomic E-state index is 12.7. The van der Waals surface area contributed by atoms with Crippen molar-refractivity contribution in [1.82, 2.24) is 0 Å². The smallest absolute Gasteiger partial charge is 0.306 e. The molecule has 0 aliphatic carbocycles. The van der Waals surface area contributed by atoms with Crippen molar-refractivity contribution in [2.24, 2.45) is 0 Å². The van der Waals surface area contributed by atoms with Crippen LogP contribution < -0.4 is 0 Å². The molecule has 1 unspecified atom stereocenters. The van der Waals surface area contributed by atoms with Gasteiger partial charge in [0.2, 0.25) is 0 Å².